The molecule has 1 aromatic carbocycles. The molecule has 0 heterocycles. The normalized spacial score (nSPS) is 8.93. The lowest BCUT2D eigenvalue weighted by molar-refractivity contribution is -0.135. The minimum absolute atomic E-state index is 0.192. The fourth-order valence-corrected chi connectivity index (χ4v) is 1.16. The molecule has 0 spiro atoms. The second-order valence-corrected chi connectivity index (χ2v) is 3.13. The van der Waals surface area contributed by atoms with Gasteiger partial charge in [0.15, 0.2) is 0 Å². The molecule has 4 heteroatoms. The van der Waals surface area contributed by atoms with E-state index in [1.54, 1.807) is 25.3 Å². The van der Waals surface area contributed by atoms with Gasteiger partial charge in [-0.25, -0.2) is 0 Å². The second-order valence-electron chi connectivity index (χ2n) is 2.72. The van der Waals surface area contributed by atoms with Gasteiger partial charge in [0.2, 0.25) is 0 Å². The van der Waals surface area contributed by atoms with E-state index in [0.29, 0.717) is 16.3 Å². The molecule has 0 fully saturated rings. The molecule has 0 aromatic heterocycles. The predicted molar refractivity (Wildman–Crippen MR) is 57.1 cm³/mol. The first-order chi connectivity index (χ1) is 7.13. The Hall–Kier alpha value is -1.66. The summed E-state index contributed by atoms with van der Waals surface area (Å²) in [5.41, 5.74) is 0.596. The molecule has 1 N–H and O–H groups in total. The Labute approximate surface area is 92.6 Å². The van der Waals surface area contributed by atoms with Crippen LogP contribution in [0.5, 0.6) is 5.75 Å². The number of ether oxygens (including phenoxy) is 1. The molecule has 0 saturated heterocycles. The van der Waals surface area contributed by atoms with Crippen LogP contribution in [0.2, 0.25) is 5.02 Å². The summed E-state index contributed by atoms with van der Waals surface area (Å²) in [6.45, 7) is 0. The fourth-order valence-electron chi connectivity index (χ4n) is 0.939. The van der Waals surface area contributed by atoms with Gasteiger partial charge < -0.3 is 9.84 Å². The molecule has 0 aliphatic rings. The monoisotopic (exact) mass is 224 g/mol. The van der Waals surface area contributed by atoms with Crippen LogP contribution >= 0.6 is 11.6 Å². The Balaban J connectivity index is 2.85. The molecule has 0 saturated carbocycles. The number of aliphatic carboxylic acids is 1. The molecule has 3 nitrogen and oxygen atoms in total. The van der Waals surface area contributed by atoms with E-state index in [1.165, 1.54) is 0 Å². The third kappa shape index (κ3) is 3.53. The molecule has 0 amide bonds. The van der Waals surface area contributed by atoms with Crippen molar-refractivity contribution in [1.29, 1.82) is 0 Å². The van der Waals surface area contributed by atoms with E-state index >= 15 is 0 Å². The Morgan fingerprint density at radius 2 is 2.33 bits per heavy atom. The minimum atomic E-state index is -0.952. The first-order valence-corrected chi connectivity index (χ1v) is 4.55. The highest BCUT2D eigenvalue weighted by Crippen LogP contribution is 2.21. The van der Waals surface area contributed by atoms with Gasteiger partial charge in [0.1, 0.15) is 12.2 Å². The summed E-state index contributed by atoms with van der Waals surface area (Å²) >= 11 is 5.89. The number of carbonyl (C=O) groups is 1. The van der Waals surface area contributed by atoms with Crippen LogP contribution in [0.1, 0.15) is 12.0 Å². The van der Waals surface area contributed by atoms with E-state index in [-0.39, 0.29) is 6.42 Å². The SMILES string of the molecule is COc1ccc(C#CCC(=O)O)c(Cl)c1. The van der Waals surface area contributed by atoms with Crippen molar-refractivity contribution < 1.29 is 14.6 Å². The number of halogens is 1. The lowest BCUT2D eigenvalue weighted by atomic mass is 10.2. The van der Waals surface area contributed by atoms with E-state index in [0.717, 1.165) is 0 Å². The fraction of sp³-hybridized carbons (Fsp3) is 0.182. The number of carboxylic acid groups (broad SMARTS) is 1. The van der Waals surface area contributed by atoms with Crippen molar-refractivity contribution in [3.8, 4) is 17.6 Å². The summed E-state index contributed by atoms with van der Waals surface area (Å²) in [6.07, 6.45) is -0.192. The number of hydrogen-bond donors (Lipinski definition) is 1. The third-order valence-electron chi connectivity index (χ3n) is 1.64. The molecule has 1 rings (SSSR count). The van der Waals surface area contributed by atoms with Crippen LogP contribution in [0.25, 0.3) is 0 Å². The highest BCUT2D eigenvalue weighted by molar-refractivity contribution is 6.31. The zero-order valence-corrected chi connectivity index (χ0v) is 8.84. The van der Waals surface area contributed by atoms with Crippen molar-refractivity contribution >= 4 is 17.6 Å². The van der Waals surface area contributed by atoms with Gasteiger partial charge in [-0.2, -0.15) is 0 Å². The maximum absolute atomic E-state index is 10.2. The number of benzene rings is 1. The number of carboxylic acids is 1. The molecule has 0 aliphatic carbocycles. The largest absolute Gasteiger partial charge is 0.497 e. The van der Waals surface area contributed by atoms with Crippen molar-refractivity contribution in [3.63, 3.8) is 0 Å². The molecular formula is C11H9ClO3. The van der Waals surface area contributed by atoms with E-state index in [1.807, 2.05) is 0 Å². The number of hydrogen-bond acceptors (Lipinski definition) is 2. The van der Waals surface area contributed by atoms with Gasteiger partial charge in [0, 0.05) is 5.56 Å². The maximum atomic E-state index is 10.2. The molecule has 0 aliphatic heterocycles. The van der Waals surface area contributed by atoms with Crippen molar-refractivity contribution in [2.45, 2.75) is 6.42 Å². The van der Waals surface area contributed by atoms with Gasteiger partial charge in [0.25, 0.3) is 0 Å². The summed E-state index contributed by atoms with van der Waals surface area (Å²) in [7, 11) is 1.54. The zero-order chi connectivity index (χ0) is 11.3. The Morgan fingerprint density at radius 1 is 1.60 bits per heavy atom. The van der Waals surface area contributed by atoms with Crippen LogP contribution in [-0.4, -0.2) is 18.2 Å². The third-order valence-corrected chi connectivity index (χ3v) is 1.95. The van der Waals surface area contributed by atoms with Gasteiger partial charge in [-0.1, -0.05) is 23.4 Å². The van der Waals surface area contributed by atoms with E-state index in [2.05, 4.69) is 11.8 Å². The summed E-state index contributed by atoms with van der Waals surface area (Å²) in [6, 6.07) is 5.04. The Bertz CT molecular complexity index is 429. The highest BCUT2D eigenvalue weighted by atomic mass is 35.5. The molecule has 0 radical (unpaired) electrons. The highest BCUT2D eigenvalue weighted by Gasteiger charge is 1.99. The van der Waals surface area contributed by atoms with Crippen LogP contribution in [-0.2, 0) is 4.79 Å². The van der Waals surface area contributed by atoms with Crippen LogP contribution < -0.4 is 4.74 Å². The van der Waals surface area contributed by atoms with E-state index in [9.17, 15) is 4.79 Å². The topological polar surface area (TPSA) is 46.5 Å². The predicted octanol–water partition coefficient (Wildman–Crippen LogP) is 2.17. The van der Waals surface area contributed by atoms with Gasteiger partial charge in [-0.05, 0) is 18.2 Å². The van der Waals surface area contributed by atoms with Crippen LogP contribution in [0.15, 0.2) is 18.2 Å². The van der Waals surface area contributed by atoms with Crippen LogP contribution in [0, 0.1) is 11.8 Å². The zero-order valence-electron chi connectivity index (χ0n) is 8.08. The van der Waals surface area contributed by atoms with Gasteiger partial charge in [-0.3, -0.25) is 4.79 Å². The van der Waals surface area contributed by atoms with E-state index in [4.69, 9.17) is 21.4 Å². The average Bonchev–Trinajstić information content (AvgIpc) is 2.20. The Kier molecular flexibility index (Phi) is 4.02. The quantitative estimate of drug-likeness (QED) is 0.784. The first kappa shape index (κ1) is 11.4. The van der Waals surface area contributed by atoms with Crippen molar-refractivity contribution in [3.05, 3.63) is 28.8 Å². The van der Waals surface area contributed by atoms with Crippen LogP contribution in [0.4, 0.5) is 0 Å². The second kappa shape index (κ2) is 5.28. The summed E-state index contributed by atoms with van der Waals surface area (Å²) in [4.78, 5) is 10.2. The molecule has 78 valence electrons. The minimum Gasteiger partial charge on any atom is -0.497 e. The Morgan fingerprint density at radius 3 is 2.87 bits per heavy atom. The molecule has 0 unspecified atom stereocenters. The smallest absolute Gasteiger partial charge is 0.315 e. The summed E-state index contributed by atoms with van der Waals surface area (Å²) in [5, 5.41) is 8.84. The number of rotatable bonds is 2. The first-order valence-electron chi connectivity index (χ1n) is 4.17. The summed E-state index contributed by atoms with van der Waals surface area (Å²) in [5.74, 6) is 4.87. The summed E-state index contributed by atoms with van der Waals surface area (Å²) < 4.78 is 4.97. The lowest BCUT2D eigenvalue weighted by Crippen LogP contribution is -1.90. The molecule has 0 atom stereocenters. The van der Waals surface area contributed by atoms with Gasteiger partial charge in [0.05, 0.1) is 12.1 Å². The van der Waals surface area contributed by atoms with Crippen LogP contribution in [0.3, 0.4) is 0 Å². The maximum Gasteiger partial charge on any atom is 0.315 e. The van der Waals surface area contributed by atoms with Crippen molar-refractivity contribution in [1.82, 2.24) is 0 Å². The van der Waals surface area contributed by atoms with Crippen molar-refractivity contribution in [2.24, 2.45) is 0 Å². The van der Waals surface area contributed by atoms with Crippen molar-refractivity contribution in [2.75, 3.05) is 7.11 Å². The van der Waals surface area contributed by atoms with Gasteiger partial charge >= 0.3 is 5.97 Å². The molecular weight excluding hydrogens is 216 g/mol. The molecule has 0 bridgehead atoms. The molecule has 15 heavy (non-hydrogen) atoms. The standard InChI is InChI=1S/C11H9ClO3/c1-15-9-6-5-8(10(12)7-9)3-2-4-11(13)14/h5-7H,4H2,1H3,(H,13,14). The van der Waals surface area contributed by atoms with Gasteiger partial charge in [-0.15, -0.1) is 0 Å². The average molecular weight is 225 g/mol. The number of methoxy groups -OCH3 is 1. The van der Waals surface area contributed by atoms with E-state index < -0.39 is 5.97 Å². The lowest BCUT2D eigenvalue weighted by Gasteiger charge is -2.00. The molecule has 1 aromatic rings.